The van der Waals surface area contributed by atoms with Crippen LogP contribution in [0.2, 0.25) is 0 Å². The molecule has 0 aromatic rings. The Balaban J connectivity index is 2.64. The lowest BCUT2D eigenvalue weighted by Crippen LogP contribution is -3.09. The highest BCUT2D eigenvalue weighted by Gasteiger charge is 3.21. The molecule has 16 heteroatoms. The van der Waals surface area contributed by atoms with Crippen molar-refractivity contribution in [2.75, 3.05) is 13.2 Å². The van der Waals surface area contributed by atoms with Crippen LogP contribution in [0.25, 0.3) is 0 Å². The van der Waals surface area contributed by atoms with Gasteiger partial charge in [0.2, 0.25) is 0 Å². The highest BCUT2D eigenvalue weighted by molar-refractivity contribution is 5.55. The van der Waals surface area contributed by atoms with Gasteiger partial charge in [-0.3, -0.25) is 0 Å². The van der Waals surface area contributed by atoms with Crippen molar-refractivity contribution in [2.45, 2.75) is 64.8 Å². The third-order valence-corrected chi connectivity index (χ3v) is 6.15. The highest BCUT2D eigenvalue weighted by Crippen LogP contribution is 2.88. The van der Waals surface area contributed by atoms with Crippen molar-refractivity contribution in [1.29, 1.82) is 0 Å². The summed E-state index contributed by atoms with van der Waals surface area (Å²) in [5, 5.41) is 0. The molecule has 0 aromatic heterocycles. The molecule has 0 spiro atoms. The van der Waals surface area contributed by atoms with Gasteiger partial charge in [0.05, 0.1) is 6.61 Å². The molecule has 0 heterocycles. The Morgan fingerprint density at radius 2 is 0.759 bits per heavy atom. The Morgan fingerprint density at radius 3 is 1.00 bits per heavy atom. The first kappa shape index (κ1) is 22.6. The van der Waals surface area contributed by atoms with E-state index in [-0.39, 0.29) is 0 Å². The van der Waals surface area contributed by atoms with E-state index in [4.69, 9.17) is 5.73 Å². The number of nitrogens with two attached hydrogens (primary N) is 1. The van der Waals surface area contributed by atoms with E-state index in [1.165, 1.54) is 0 Å². The lowest BCUT2D eigenvalue weighted by atomic mass is 9.37. The molecule has 4 bridgehead atoms. The number of ether oxygens (including phenoxy) is 1. The maximum atomic E-state index is 15.2. The van der Waals surface area contributed by atoms with Crippen LogP contribution in [0.4, 0.5) is 61.5 Å². The van der Waals surface area contributed by atoms with E-state index >= 15 is 8.78 Å². The molecule has 0 unspecified atom stereocenters. The molecule has 170 valence electrons. The van der Waals surface area contributed by atoms with E-state index in [0.717, 1.165) is 0 Å². The number of hydrogen-bond donors (Lipinski definition) is 1. The zero-order chi connectivity index (χ0) is 23.1. The maximum absolute atomic E-state index is 15.2. The first-order valence-corrected chi connectivity index (χ1v) is 7.55. The lowest BCUT2D eigenvalue weighted by Gasteiger charge is -2.76. The van der Waals surface area contributed by atoms with Crippen molar-refractivity contribution in [3.63, 3.8) is 0 Å². The predicted octanol–water partition coefficient (Wildman–Crippen LogP) is 3.77. The second kappa shape index (κ2) is 4.72. The Bertz CT molecular complexity index is 677. The smallest absolute Gasteiger partial charge is 0.339 e. The second-order valence-corrected chi connectivity index (χ2v) is 7.18. The molecule has 0 radical (unpaired) electrons. The van der Waals surface area contributed by atoms with E-state index in [1.807, 2.05) is 0 Å². The average Bonchev–Trinajstić information content (AvgIpc) is 2.58. The van der Waals surface area contributed by atoms with E-state index < -0.39 is 78.0 Å². The third kappa shape index (κ3) is 1.34. The van der Waals surface area contributed by atoms with Gasteiger partial charge in [-0.2, -0.15) is 43.9 Å². The molecule has 0 amide bonds. The van der Waals surface area contributed by atoms with Crippen molar-refractivity contribution in [2.24, 2.45) is 5.73 Å². The van der Waals surface area contributed by atoms with Gasteiger partial charge in [-0.05, 0) is 6.92 Å². The molecule has 2 nitrogen and oxygen atoms in total. The first-order valence-electron chi connectivity index (χ1n) is 7.55. The van der Waals surface area contributed by atoms with Gasteiger partial charge in [0.1, 0.15) is 0 Å². The molecular weight excluding hydrogens is 452 g/mol. The molecule has 4 rings (SSSR count). The molecule has 4 aliphatic carbocycles. The van der Waals surface area contributed by atoms with E-state index in [0.29, 0.717) is 0 Å². The number of alkyl halides is 14. The van der Waals surface area contributed by atoms with Crippen molar-refractivity contribution in [3.05, 3.63) is 0 Å². The summed E-state index contributed by atoms with van der Waals surface area (Å²) in [6, 6.07) is 0. The van der Waals surface area contributed by atoms with Gasteiger partial charge in [-0.25, -0.2) is 17.6 Å². The molecule has 29 heavy (non-hydrogen) atoms. The quantitative estimate of drug-likeness (QED) is 0.650. The van der Waals surface area contributed by atoms with Crippen LogP contribution in [0.1, 0.15) is 6.92 Å². The standard InChI is InChI=1S/C13H9F14NO/c1-4(29-3-2-28)5(14)9(18,19)7(16)11(22,23)6(4,15)12(24,25)8(17,10(5,20)21)13(7,26)27/h2-3,28H2,1H3. The van der Waals surface area contributed by atoms with E-state index in [1.54, 1.807) is 0 Å². The number of rotatable bonds is 3. The van der Waals surface area contributed by atoms with Gasteiger partial charge in [0.25, 0.3) is 11.3 Å². The van der Waals surface area contributed by atoms with Crippen LogP contribution >= 0.6 is 0 Å². The van der Waals surface area contributed by atoms with Gasteiger partial charge < -0.3 is 10.5 Å². The Morgan fingerprint density at radius 1 is 0.517 bits per heavy atom. The summed E-state index contributed by atoms with van der Waals surface area (Å²) >= 11 is 0. The number of halogens is 14. The van der Waals surface area contributed by atoms with Crippen LogP contribution in [0.5, 0.6) is 0 Å². The number of hydrogen-bond acceptors (Lipinski definition) is 2. The normalized spacial score (nSPS) is 52.6. The fourth-order valence-electron chi connectivity index (χ4n) is 4.66. The summed E-state index contributed by atoms with van der Waals surface area (Å²) in [5.74, 6) is -37.0. The highest BCUT2D eigenvalue weighted by atomic mass is 19.3. The van der Waals surface area contributed by atoms with E-state index in [9.17, 15) is 52.7 Å². The van der Waals surface area contributed by atoms with E-state index in [2.05, 4.69) is 4.74 Å². The van der Waals surface area contributed by atoms with Gasteiger partial charge in [0.15, 0.2) is 5.60 Å². The minimum absolute atomic E-state index is 0.797. The summed E-state index contributed by atoms with van der Waals surface area (Å²) in [7, 11) is 0. The van der Waals surface area contributed by atoms with Crippen LogP contribution in [0.15, 0.2) is 0 Å². The van der Waals surface area contributed by atoms with Crippen LogP contribution in [-0.2, 0) is 4.74 Å². The average molecular weight is 461 g/mol. The van der Waals surface area contributed by atoms with Crippen LogP contribution in [0.3, 0.4) is 0 Å². The molecule has 0 aliphatic heterocycles. The van der Waals surface area contributed by atoms with Crippen molar-refractivity contribution >= 4 is 0 Å². The van der Waals surface area contributed by atoms with Gasteiger partial charge in [-0.1, -0.05) is 0 Å². The molecule has 0 atom stereocenters. The molecular formula is C13H9F14NO. The second-order valence-electron chi connectivity index (χ2n) is 7.18. The largest absolute Gasteiger partial charge is 0.366 e. The summed E-state index contributed by atoms with van der Waals surface area (Å²) in [6.45, 7) is -3.50. The summed E-state index contributed by atoms with van der Waals surface area (Å²) in [4.78, 5) is 0. The first-order chi connectivity index (χ1) is 12.6. The molecule has 4 fully saturated rings. The summed E-state index contributed by atoms with van der Waals surface area (Å²) in [6.07, 6.45) is 0. The van der Waals surface area contributed by atoms with Crippen molar-refractivity contribution < 1.29 is 66.2 Å². The van der Waals surface area contributed by atoms with Crippen molar-refractivity contribution in [3.8, 4) is 0 Å². The zero-order valence-electron chi connectivity index (χ0n) is 13.7. The Hall–Kier alpha value is -1.06. The fraction of sp³-hybridized carbons (Fsp3) is 1.00. The van der Waals surface area contributed by atoms with Crippen LogP contribution < -0.4 is 5.73 Å². The van der Waals surface area contributed by atoms with Gasteiger partial charge in [-0.15, -0.1) is 0 Å². The topological polar surface area (TPSA) is 35.2 Å². The minimum atomic E-state index is -7.67. The summed E-state index contributed by atoms with van der Waals surface area (Å²) in [5.41, 5.74) is -29.1. The lowest BCUT2D eigenvalue weighted by molar-refractivity contribution is -0.601. The monoisotopic (exact) mass is 461 g/mol. The van der Waals surface area contributed by atoms with Crippen LogP contribution in [0, 0.1) is 0 Å². The van der Waals surface area contributed by atoms with Gasteiger partial charge >= 0.3 is 41.0 Å². The Kier molecular flexibility index (Phi) is 3.69. The van der Waals surface area contributed by atoms with Crippen molar-refractivity contribution in [1.82, 2.24) is 0 Å². The predicted molar refractivity (Wildman–Crippen MR) is 63.5 cm³/mol. The van der Waals surface area contributed by atoms with Crippen LogP contribution in [-0.4, -0.2) is 71.0 Å². The third-order valence-electron chi connectivity index (χ3n) is 6.15. The Labute approximate surface area is 151 Å². The minimum Gasteiger partial charge on any atom is -0.366 e. The molecule has 0 saturated heterocycles. The molecule has 4 aliphatic rings. The SMILES string of the molecule is CC1(OCCN)C2(F)C(F)(F)C3(F)C(F)(F)C(F)(C2(F)F)C(F)(F)C1(F)C3(F)F. The summed E-state index contributed by atoms with van der Waals surface area (Å²) < 4.78 is 207. The molecule has 0 aromatic carbocycles. The molecule has 4 saturated carbocycles. The zero-order valence-corrected chi connectivity index (χ0v) is 13.7. The van der Waals surface area contributed by atoms with Gasteiger partial charge in [0, 0.05) is 6.54 Å². The fourth-order valence-corrected chi connectivity index (χ4v) is 4.66. The maximum Gasteiger partial charge on any atom is 0.339 e. The molecule has 2 N–H and O–H groups in total.